The zero-order chi connectivity index (χ0) is 19.9. The minimum Gasteiger partial charge on any atom is -0.497 e. The van der Waals surface area contributed by atoms with Gasteiger partial charge in [-0.25, -0.2) is 0 Å². The minimum atomic E-state index is -0.335. The van der Waals surface area contributed by atoms with Crippen molar-refractivity contribution in [3.63, 3.8) is 0 Å². The van der Waals surface area contributed by atoms with Crippen molar-refractivity contribution >= 4 is 17.5 Å². The summed E-state index contributed by atoms with van der Waals surface area (Å²) >= 11 is 0. The fourth-order valence-corrected chi connectivity index (χ4v) is 3.34. The molecule has 6 heteroatoms. The lowest BCUT2D eigenvalue weighted by molar-refractivity contribution is -0.128. The number of methoxy groups -OCH3 is 1. The molecular weight excluding hydrogens is 354 g/mol. The number of rotatable bonds is 8. The van der Waals surface area contributed by atoms with Gasteiger partial charge in [-0.05, 0) is 35.9 Å². The molecule has 1 heterocycles. The Balaban J connectivity index is 1.60. The molecule has 1 fully saturated rings. The van der Waals surface area contributed by atoms with Crippen LogP contribution in [0.3, 0.4) is 0 Å². The molecule has 3 rings (SSSR count). The minimum absolute atomic E-state index is 0.0110. The van der Waals surface area contributed by atoms with Gasteiger partial charge in [0.05, 0.1) is 13.0 Å². The molecule has 0 spiro atoms. The number of hydrogen-bond acceptors (Lipinski definition) is 4. The molecule has 1 unspecified atom stereocenters. The van der Waals surface area contributed by atoms with E-state index in [1.54, 1.807) is 12.0 Å². The molecule has 0 aromatic heterocycles. The Morgan fingerprint density at radius 1 is 1.18 bits per heavy atom. The highest BCUT2D eigenvalue weighted by Crippen LogP contribution is 2.24. The Hall–Kier alpha value is -2.86. The standard InChI is InChI=1S/C22H27N3O3/c1-3-23-13-17-6-4-5-7-20(17)24-22(27)18-12-21(26)25(15-18)14-16-8-10-19(28-2)11-9-16/h4-11,18,23H,3,12-15H2,1-2H3,(H,24,27). The number of anilines is 1. The van der Waals surface area contributed by atoms with E-state index in [2.05, 4.69) is 10.6 Å². The smallest absolute Gasteiger partial charge is 0.229 e. The van der Waals surface area contributed by atoms with Gasteiger partial charge in [-0.15, -0.1) is 0 Å². The van der Waals surface area contributed by atoms with Crippen molar-refractivity contribution in [1.29, 1.82) is 0 Å². The first-order valence-electron chi connectivity index (χ1n) is 9.61. The summed E-state index contributed by atoms with van der Waals surface area (Å²) in [6.45, 7) is 4.54. The Labute approximate surface area is 165 Å². The Morgan fingerprint density at radius 3 is 2.64 bits per heavy atom. The van der Waals surface area contributed by atoms with Crippen LogP contribution in [0.15, 0.2) is 48.5 Å². The van der Waals surface area contributed by atoms with Gasteiger partial charge >= 0.3 is 0 Å². The average Bonchev–Trinajstić information content (AvgIpc) is 3.08. The van der Waals surface area contributed by atoms with Gasteiger partial charge in [0, 0.05) is 31.7 Å². The highest BCUT2D eigenvalue weighted by Gasteiger charge is 2.34. The Bertz CT molecular complexity index is 820. The summed E-state index contributed by atoms with van der Waals surface area (Å²) in [6, 6.07) is 15.4. The number of amides is 2. The maximum Gasteiger partial charge on any atom is 0.229 e. The van der Waals surface area contributed by atoms with Crippen molar-refractivity contribution < 1.29 is 14.3 Å². The molecule has 1 aliphatic heterocycles. The molecule has 0 bridgehead atoms. The largest absolute Gasteiger partial charge is 0.497 e. The van der Waals surface area contributed by atoms with Crippen LogP contribution in [-0.2, 0) is 22.7 Å². The summed E-state index contributed by atoms with van der Waals surface area (Å²) in [7, 11) is 1.62. The number of benzene rings is 2. The fraction of sp³-hybridized carbons (Fsp3) is 0.364. The number of likely N-dealkylation sites (tertiary alicyclic amines) is 1. The predicted octanol–water partition coefficient (Wildman–Crippen LogP) is 2.79. The van der Waals surface area contributed by atoms with E-state index < -0.39 is 0 Å². The first-order chi connectivity index (χ1) is 13.6. The lowest BCUT2D eigenvalue weighted by atomic mass is 10.1. The summed E-state index contributed by atoms with van der Waals surface area (Å²) in [5, 5.41) is 6.28. The van der Waals surface area contributed by atoms with E-state index >= 15 is 0 Å². The second-order valence-corrected chi connectivity index (χ2v) is 6.95. The van der Waals surface area contributed by atoms with Crippen LogP contribution in [0.4, 0.5) is 5.69 Å². The third-order valence-corrected chi connectivity index (χ3v) is 4.96. The normalized spacial score (nSPS) is 16.3. The number of para-hydroxylation sites is 1. The van der Waals surface area contributed by atoms with Crippen molar-refractivity contribution in [2.24, 2.45) is 5.92 Å². The van der Waals surface area contributed by atoms with Gasteiger partial charge in [0.2, 0.25) is 11.8 Å². The summed E-state index contributed by atoms with van der Waals surface area (Å²) < 4.78 is 5.16. The number of hydrogen-bond donors (Lipinski definition) is 2. The van der Waals surface area contributed by atoms with Crippen LogP contribution in [-0.4, -0.2) is 36.9 Å². The van der Waals surface area contributed by atoms with Gasteiger partial charge in [0.15, 0.2) is 0 Å². The monoisotopic (exact) mass is 381 g/mol. The zero-order valence-corrected chi connectivity index (χ0v) is 16.4. The molecule has 2 aromatic rings. The van der Waals surface area contributed by atoms with Crippen LogP contribution >= 0.6 is 0 Å². The lowest BCUT2D eigenvalue weighted by Crippen LogP contribution is -2.28. The third kappa shape index (κ3) is 4.89. The van der Waals surface area contributed by atoms with Crippen LogP contribution in [0.1, 0.15) is 24.5 Å². The lowest BCUT2D eigenvalue weighted by Gasteiger charge is -2.17. The zero-order valence-electron chi connectivity index (χ0n) is 16.4. The molecule has 2 N–H and O–H groups in total. The molecular formula is C22H27N3O3. The topological polar surface area (TPSA) is 70.7 Å². The van der Waals surface area contributed by atoms with E-state index in [4.69, 9.17) is 4.74 Å². The van der Waals surface area contributed by atoms with E-state index in [-0.39, 0.29) is 24.2 Å². The second kappa shape index (κ2) is 9.37. The number of nitrogens with one attached hydrogen (secondary N) is 2. The predicted molar refractivity (Wildman–Crippen MR) is 109 cm³/mol. The van der Waals surface area contributed by atoms with Crippen molar-refractivity contribution in [2.45, 2.75) is 26.4 Å². The van der Waals surface area contributed by atoms with Gasteiger partial charge in [-0.2, -0.15) is 0 Å². The van der Waals surface area contributed by atoms with Gasteiger partial charge in [-0.1, -0.05) is 37.3 Å². The Kier molecular flexibility index (Phi) is 6.66. The van der Waals surface area contributed by atoms with Gasteiger partial charge in [0.1, 0.15) is 5.75 Å². The molecule has 0 saturated carbocycles. The van der Waals surface area contributed by atoms with Crippen molar-refractivity contribution in [3.05, 3.63) is 59.7 Å². The summed E-state index contributed by atoms with van der Waals surface area (Å²) in [5.74, 6) is 0.356. The average molecular weight is 381 g/mol. The van der Waals surface area contributed by atoms with Gasteiger partial charge < -0.3 is 20.3 Å². The maximum atomic E-state index is 12.7. The van der Waals surface area contributed by atoms with Crippen LogP contribution in [0.5, 0.6) is 5.75 Å². The molecule has 2 amide bonds. The second-order valence-electron chi connectivity index (χ2n) is 6.95. The Morgan fingerprint density at radius 2 is 1.93 bits per heavy atom. The van der Waals surface area contributed by atoms with Crippen LogP contribution in [0.25, 0.3) is 0 Å². The first-order valence-corrected chi connectivity index (χ1v) is 9.61. The SMILES string of the molecule is CCNCc1ccccc1NC(=O)C1CC(=O)N(Cc2ccc(OC)cc2)C1. The van der Waals surface area contributed by atoms with Crippen molar-refractivity contribution in [3.8, 4) is 5.75 Å². The van der Waals surface area contributed by atoms with Gasteiger partial charge in [-0.3, -0.25) is 9.59 Å². The van der Waals surface area contributed by atoms with E-state index in [0.29, 0.717) is 19.6 Å². The molecule has 1 saturated heterocycles. The van der Waals surface area contributed by atoms with Crippen LogP contribution in [0.2, 0.25) is 0 Å². The van der Waals surface area contributed by atoms with E-state index in [0.717, 1.165) is 29.1 Å². The molecule has 28 heavy (non-hydrogen) atoms. The van der Waals surface area contributed by atoms with Crippen molar-refractivity contribution in [1.82, 2.24) is 10.2 Å². The molecule has 1 atom stereocenters. The van der Waals surface area contributed by atoms with E-state index in [1.165, 1.54) is 0 Å². The highest BCUT2D eigenvalue weighted by atomic mass is 16.5. The number of nitrogens with zero attached hydrogens (tertiary/aromatic N) is 1. The fourth-order valence-electron chi connectivity index (χ4n) is 3.34. The number of ether oxygens (including phenoxy) is 1. The van der Waals surface area contributed by atoms with E-state index in [9.17, 15) is 9.59 Å². The molecule has 148 valence electrons. The van der Waals surface area contributed by atoms with Crippen LogP contribution in [0, 0.1) is 5.92 Å². The molecule has 0 radical (unpaired) electrons. The first kappa shape index (κ1) is 19.9. The van der Waals surface area contributed by atoms with Gasteiger partial charge in [0.25, 0.3) is 0 Å². The molecule has 6 nitrogen and oxygen atoms in total. The summed E-state index contributed by atoms with van der Waals surface area (Å²) in [4.78, 5) is 26.9. The quantitative estimate of drug-likeness (QED) is 0.738. The third-order valence-electron chi connectivity index (χ3n) is 4.96. The highest BCUT2D eigenvalue weighted by molar-refractivity contribution is 5.97. The van der Waals surface area contributed by atoms with Crippen LogP contribution < -0.4 is 15.4 Å². The summed E-state index contributed by atoms with van der Waals surface area (Å²) in [6.07, 6.45) is 0.247. The molecule has 2 aromatic carbocycles. The molecule has 1 aliphatic rings. The number of carbonyl (C=O) groups excluding carboxylic acids is 2. The van der Waals surface area contributed by atoms with E-state index in [1.807, 2.05) is 55.5 Å². The molecule has 0 aliphatic carbocycles. The maximum absolute atomic E-state index is 12.7. The summed E-state index contributed by atoms with van der Waals surface area (Å²) in [5.41, 5.74) is 2.86. The number of carbonyl (C=O) groups is 2. The van der Waals surface area contributed by atoms with Crippen molar-refractivity contribution in [2.75, 3.05) is 25.5 Å².